The second-order valence-electron chi connectivity index (χ2n) is 8.29. The second-order valence-corrected chi connectivity index (χ2v) is 9.64. The SMILES string of the molecule is CS(=O)c1cn(-c2ncc(-c3ccc4c(c3)OCO4)cn2)c2cc(C(=O)N3CCOCC3)ccc12. The van der Waals surface area contributed by atoms with Crippen molar-refractivity contribution >= 4 is 27.6 Å². The average molecular weight is 491 g/mol. The lowest BCUT2D eigenvalue weighted by Gasteiger charge is -2.26. The molecule has 0 spiro atoms. The predicted octanol–water partition coefficient (Wildman–Crippen LogP) is 3.03. The topological polar surface area (TPSA) is 95.8 Å². The Kier molecular flexibility index (Phi) is 5.46. The van der Waals surface area contributed by atoms with Crippen LogP contribution in [0.5, 0.6) is 11.5 Å². The molecule has 9 nitrogen and oxygen atoms in total. The number of morpholine rings is 1. The van der Waals surface area contributed by atoms with Crippen LogP contribution in [0.1, 0.15) is 10.4 Å². The van der Waals surface area contributed by atoms with Gasteiger partial charge in [0.05, 0.1) is 34.4 Å². The number of carbonyl (C=O) groups is 1. The molecule has 4 aromatic rings. The molecule has 2 aliphatic heterocycles. The summed E-state index contributed by atoms with van der Waals surface area (Å²) in [6.45, 7) is 2.41. The van der Waals surface area contributed by atoms with Gasteiger partial charge in [-0.1, -0.05) is 12.1 Å². The lowest BCUT2D eigenvalue weighted by Crippen LogP contribution is -2.40. The van der Waals surface area contributed by atoms with E-state index in [2.05, 4.69) is 9.97 Å². The third kappa shape index (κ3) is 3.94. The minimum Gasteiger partial charge on any atom is -0.454 e. The van der Waals surface area contributed by atoms with Gasteiger partial charge in [0.25, 0.3) is 5.91 Å². The molecular weight excluding hydrogens is 468 g/mol. The third-order valence-corrected chi connectivity index (χ3v) is 7.13. The van der Waals surface area contributed by atoms with Gasteiger partial charge in [0.1, 0.15) is 0 Å². The van der Waals surface area contributed by atoms with Gasteiger partial charge in [-0.3, -0.25) is 13.6 Å². The molecule has 178 valence electrons. The van der Waals surface area contributed by atoms with E-state index >= 15 is 0 Å². The second kappa shape index (κ2) is 8.79. The van der Waals surface area contributed by atoms with E-state index in [1.807, 2.05) is 30.3 Å². The normalized spacial score (nSPS) is 16.0. The van der Waals surface area contributed by atoms with Gasteiger partial charge in [-0.05, 0) is 29.8 Å². The van der Waals surface area contributed by atoms with E-state index < -0.39 is 10.8 Å². The van der Waals surface area contributed by atoms with Crippen LogP contribution in [0.2, 0.25) is 0 Å². The smallest absolute Gasteiger partial charge is 0.254 e. The van der Waals surface area contributed by atoms with Crippen LogP contribution in [0.4, 0.5) is 0 Å². The van der Waals surface area contributed by atoms with E-state index in [0.717, 1.165) is 22.0 Å². The maximum absolute atomic E-state index is 13.1. The summed E-state index contributed by atoms with van der Waals surface area (Å²) < 4.78 is 30.4. The molecule has 4 heterocycles. The maximum Gasteiger partial charge on any atom is 0.254 e. The van der Waals surface area contributed by atoms with Crippen LogP contribution >= 0.6 is 0 Å². The number of benzene rings is 2. The van der Waals surface area contributed by atoms with Crippen molar-refractivity contribution in [1.82, 2.24) is 19.4 Å². The monoisotopic (exact) mass is 490 g/mol. The first-order chi connectivity index (χ1) is 17.1. The molecule has 1 unspecified atom stereocenters. The minimum absolute atomic E-state index is 0.0544. The number of hydrogen-bond acceptors (Lipinski definition) is 7. The van der Waals surface area contributed by atoms with Gasteiger partial charge < -0.3 is 19.1 Å². The summed E-state index contributed by atoms with van der Waals surface area (Å²) in [7, 11) is -1.23. The van der Waals surface area contributed by atoms with Crippen LogP contribution in [0.25, 0.3) is 28.0 Å². The molecule has 1 fully saturated rings. The first-order valence-corrected chi connectivity index (χ1v) is 12.7. The van der Waals surface area contributed by atoms with Gasteiger partial charge in [0, 0.05) is 54.4 Å². The summed E-state index contributed by atoms with van der Waals surface area (Å²) >= 11 is 0. The highest BCUT2D eigenvalue weighted by Gasteiger charge is 2.21. The van der Waals surface area contributed by atoms with Crippen molar-refractivity contribution in [3.8, 4) is 28.6 Å². The van der Waals surface area contributed by atoms with Crippen molar-refractivity contribution < 1.29 is 23.2 Å². The predicted molar refractivity (Wildman–Crippen MR) is 129 cm³/mol. The summed E-state index contributed by atoms with van der Waals surface area (Å²) in [4.78, 5) is 24.7. The van der Waals surface area contributed by atoms with Gasteiger partial charge in [-0.25, -0.2) is 9.97 Å². The van der Waals surface area contributed by atoms with Crippen molar-refractivity contribution in [1.29, 1.82) is 0 Å². The summed E-state index contributed by atoms with van der Waals surface area (Å²) in [6, 6.07) is 11.1. The van der Waals surface area contributed by atoms with Gasteiger partial charge in [-0.2, -0.15) is 0 Å². The molecule has 0 bridgehead atoms. The molecule has 0 saturated carbocycles. The quantitative estimate of drug-likeness (QED) is 0.434. The van der Waals surface area contributed by atoms with Crippen LogP contribution in [-0.4, -0.2) is 68.9 Å². The van der Waals surface area contributed by atoms with Crippen molar-refractivity contribution in [2.24, 2.45) is 0 Å². The standard InChI is InChI=1S/C25H22N4O5S/c1-35(31)23-14-29(20-10-17(2-4-19(20)23)24(30)28-6-8-32-9-7-28)25-26-12-18(13-27-25)16-3-5-21-22(11-16)34-15-33-21/h2-5,10-14H,6-9,15H2,1H3. The Bertz CT molecular complexity index is 1460. The molecule has 0 N–H and O–H groups in total. The zero-order valence-corrected chi connectivity index (χ0v) is 19.8. The molecule has 1 amide bonds. The van der Waals surface area contributed by atoms with Crippen molar-refractivity contribution in [2.45, 2.75) is 4.90 Å². The molecular formula is C25H22N4O5S. The van der Waals surface area contributed by atoms with E-state index in [-0.39, 0.29) is 12.7 Å². The molecule has 0 aliphatic carbocycles. The molecule has 1 saturated heterocycles. The highest BCUT2D eigenvalue weighted by atomic mass is 32.2. The van der Waals surface area contributed by atoms with E-state index in [1.165, 1.54) is 0 Å². The number of amides is 1. The number of hydrogen-bond donors (Lipinski definition) is 0. The fourth-order valence-corrected chi connectivity index (χ4v) is 5.08. The number of fused-ring (bicyclic) bond motifs is 2. The summed E-state index contributed by atoms with van der Waals surface area (Å²) in [6.07, 6.45) is 6.88. The fraction of sp³-hybridized carbons (Fsp3) is 0.240. The van der Waals surface area contributed by atoms with Crippen molar-refractivity contribution in [2.75, 3.05) is 39.4 Å². The number of nitrogens with zero attached hydrogens (tertiary/aromatic N) is 4. The number of rotatable bonds is 4. The van der Waals surface area contributed by atoms with Crippen LogP contribution in [0, 0.1) is 0 Å². The highest BCUT2D eigenvalue weighted by molar-refractivity contribution is 7.84. The number of carbonyl (C=O) groups excluding carboxylic acids is 1. The summed E-state index contributed by atoms with van der Waals surface area (Å²) in [5.41, 5.74) is 3.02. The Hall–Kier alpha value is -3.76. The molecule has 2 aromatic carbocycles. The third-order valence-electron chi connectivity index (χ3n) is 6.18. The highest BCUT2D eigenvalue weighted by Crippen LogP contribution is 2.36. The van der Waals surface area contributed by atoms with Gasteiger partial charge in [0.2, 0.25) is 12.7 Å². The summed E-state index contributed by atoms with van der Waals surface area (Å²) in [5.74, 6) is 1.77. The lowest BCUT2D eigenvalue weighted by atomic mass is 10.1. The summed E-state index contributed by atoms with van der Waals surface area (Å²) in [5, 5.41) is 0.799. The van der Waals surface area contributed by atoms with E-state index in [1.54, 1.807) is 40.4 Å². The van der Waals surface area contributed by atoms with Gasteiger partial charge in [0.15, 0.2) is 11.5 Å². The Labute approximate surface area is 203 Å². The molecule has 35 heavy (non-hydrogen) atoms. The first kappa shape index (κ1) is 21.8. The van der Waals surface area contributed by atoms with E-state index in [9.17, 15) is 9.00 Å². The molecule has 6 rings (SSSR count). The Morgan fingerprint density at radius 1 is 0.971 bits per heavy atom. The largest absolute Gasteiger partial charge is 0.454 e. The average Bonchev–Trinajstić information content (AvgIpc) is 3.53. The van der Waals surface area contributed by atoms with Crippen LogP contribution in [-0.2, 0) is 15.5 Å². The zero-order chi connectivity index (χ0) is 23.9. The number of aromatic nitrogens is 3. The molecule has 10 heteroatoms. The maximum atomic E-state index is 13.1. The lowest BCUT2D eigenvalue weighted by molar-refractivity contribution is 0.0303. The van der Waals surface area contributed by atoms with Crippen molar-refractivity contribution in [3.05, 3.63) is 60.6 Å². The Morgan fingerprint density at radius 3 is 2.51 bits per heavy atom. The van der Waals surface area contributed by atoms with Crippen LogP contribution in [0.3, 0.4) is 0 Å². The molecule has 0 radical (unpaired) electrons. The molecule has 1 atom stereocenters. The van der Waals surface area contributed by atoms with E-state index in [4.69, 9.17) is 14.2 Å². The number of ether oxygens (including phenoxy) is 3. The van der Waals surface area contributed by atoms with Crippen LogP contribution < -0.4 is 9.47 Å². The first-order valence-electron chi connectivity index (χ1n) is 11.2. The van der Waals surface area contributed by atoms with Gasteiger partial charge in [-0.15, -0.1) is 0 Å². The Morgan fingerprint density at radius 2 is 1.74 bits per heavy atom. The molecule has 2 aromatic heterocycles. The Balaban J connectivity index is 1.38. The molecule has 2 aliphatic rings. The van der Waals surface area contributed by atoms with Crippen LogP contribution in [0.15, 0.2) is 59.9 Å². The van der Waals surface area contributed by atoms with Crippen molar-refractivity contribution in [3.63, 3.8) is 0 Å². The van der Waals surface area contributed by atoms with Gasteiger partial charge >= 0.3 is 0 Å². The van der Waals surface area contributed by atoms with E-state index in [0.29, 0.717) is 54.2 Å². The fourth-order valence-electron chi connectivity index (χ4n) is 4.34. The minimum atomic E-state index is -1.23. The zero-order valence-electron chi connectivity index (χ0n) is 19.0.